The van der Waals surface area contributed by atoms with Crippen LogP contribution < -0.4 is 5.73 Å². The predicted octanol–water partition coefficient (Wildman–Crippen LogP) is -0.567. The molecule has 0 radical (unpaired) electrons. The molecule has 0 spiro atoms. The molecule has 0 saturated heterocycles. The summed E-state index contributed by atoms with van der Waals surface area (Å²) in [5.74, 6) is 0. The van der Waals surface area contributed by atoms with E-state index in [1.54, 1.807) is 10.9 Å². The molecular formula is C7H12N4O. The summed E-state index contributed by atoms with van der Waals surface area (Å²) in [6.07, 6.45) is 3.39. The quantitative estimate of drug-likeness (QED) is 0.620. The molecule has 12 heavy (non-hydrogen) atoms. The van der Waals surface area contributed by atoms with Crippen LogP contribution in [0.2, 0.25) is 0 Å². The highest BCUT2D eigenvalue weighted by molar-refractivity contribution is 4.95. The van der Waals surface area contributed by atoms with Crippen molar-refractivity contribution in [1.29, 1.82) is 0 Å². The van der Waals surface area contributed by atoms with Crippen LogP contribution in [0.1, 0.15) is 24.6 Å². The van der Waals surface area contributed by atoms with E-state index >= 15 is 0 Å². The van der Waals surface area contributed by atoms with Gasteiger partial charge in [0.15, 0.2) is 0 Å². The summed E-state index contributed by atoms with van der Waals surface area (Å²) in [6, 6.07) is 0.123. The summed E-state index contributed by atoms with van der Waals surface area (Å²) in [7, 11) is 0. The molecule has 3 N–H and O–H groups in total. The Kier molecular flexibility index (Phi) is 1.82. The van der Waals surface area contributed by atoms with Gasteiger partial charge in [0.05, 0.1) is 24.0 Å². The average molecular weight is 168 g/mol. The van der Waals surface area contributed by atoms with Gasteiger partial charge in [-0.1, -0.05) is 5.21 Å². The summed E-state index contributed by atoms with van der Waals surface area (Å²) >= 11 is 0. The van der Waals surface area contributed by atoms with Gasteiger partial charge in [-0.05, 0) is 12.8 Å². The molecule has 2 unspecified atom stereocenters. The monoisotopic (exact) mass is 168 g/mol. The minimum Gasteiger partial charge on any atom is -0.391 e. The van der Waals surface area contributed by atoms with Gasteiger partial charge in [0.1, 0.15) is 0 Å². The fourth-order valence-electron chi connectivity index (χ4n) is 1.34. The molecule has 0 aromatic carbocycles. The Morgan fingerprint density at radius 2 is 2.50 bits per heavy atom. The molecule has 0 aliphatic heterocycles. The Labute approximate surface area is 70.2 Å². The van der Waals surface area contributed by atoms with Gasteiger partial charge in [-0.2, -0.15) is 0 Å². The van der Waals surface area contributed by atoms with E-state index in [1.165, 1.54) is 0 Å². The Balaban J connectivity index is 2.12. The van der Waals surface area contributed by atoms with Crippen LogP contribution in [0.5, 0.6) is 0 Å². The van der Waals surface area contributed by atoms with E-state index in [4.69, 9.17) is 5.73 Å². The molecule has 66 valence electrons. The molecule has 1 aliphatic rings. The van der Waals surface area contributed by atoms with Crippen molar-refractivity contribution in [2.45, 2.75) is 31.5 Å². The van der Waals surface area contributed by atoms with E-state index in [0.29, 0.717) is 6.54 Å². The lowest BCUT2D eigenvalue weighted by molar-refractivity contribution is 0.0244. The standard InChI is InChI=1S/C7H12N4O/c8-3-5-4-11(10-9-5)6-1-2-7(6)12/h4,6-7,12H,1-3,8H2. The second kappa shape index (κ2) is 2.84. The highest BCUT2D eigenvalue weighted by Gasteiger charge is 2.31. The number of nitrogens with zero attached hydrogens (tertiary/aromatic N) is 3. The van der Waals surface area contributed by atoms with Crippen molar-refractivity contribution in [2.24, 2.45) is 5.73 Å². The Morgan fingerprint density at radius 1 is 1.67 bits per heavy atom. The van der Waals surface area contributed by atoms with Gasteiger partial charge in [-0.15, -0.1) is 5.10 Å². The number of hydrogen-bond acceptors (Lipinski definition) is 4. The Bertz CT molecular complexity index is 272. The molecule has 0 bridgehead atoms. The van der Waals surface area contributed by atoms with Crippen molar-refractivity contribution in [1.82, 2.24) is 15.0 Å². The fraction of sp³-hybridized carbons (Fsp3) is 0.714. The van der Waals surface area contributed by atoms with Crippen molar-refractivity contribution in [2.75, 3.05) is 0 Å². The number of aliphatic hydroxyl groups excluding tert-OH is 1. The molecule has 1 fully saturated rings. The van der Waals surface area contributed by atoms with Crippen molar-refractivity contribution >= 4 is 0 Å². The van der Waals surface area contributed by atoms with E-state index in [1.807, 2.05) is 0 Å². The first-order valence-electron chi connectivity index (χ1n) is 4.10. The first-order chi connectivity index (χ1) is 5.81. The number of nitrogens with two attached hydrogens (primary N) is 1. The second-order valence-electron chi connectivity index (χ2n) is 3.11. The maximum atomic E-state index is 9.32. The van der Waals surface area contributed by atoms with Gasteiger partial charge >= 0.3 is 0 Å². The number of rotatable bonds is 2. The summed E-state index contributed by atoms with van der Waals surface area (Å²) < 4.78 is 1.70. The highest BCUT2D eigenvalue weighted by Crippen LogP contribution is 2.31. The van der Waals surface area contributed by atoms with Gasteiger partial charge in [0, 0.05) is 6.54 Å². The molecule has 1 aromatic heterocycles. The van der Waals surface area contributed by atoms with E-state index in [0.717, 1.165) is 18.5 Å². The summed E-state index contributed by atoms with van der Waals surface area (Å²) in [5.41, 5.74) is 6.15. The van der Waals surface area contributed by atoms with Gasteiger partial charge in [-0.3, -0.25) is 0 Å². The first kappa shape index (κ1) is 7.70. The molecular weight excluding hydrogens is 156 g/mol. The maximum Gasteiger partial charge on any atom is 0.0962 e. The molecule has 0 amide bonds. The Morgan fingerprint density at radius 3 is 2.92 bits per heavy atom. The van der Waals surface area contributed by atoms with Gasteiger partial charge in [-0.25, -0.2) is 4.68 Å². The fourth-order valence-corrected chi connectivity index (χ4v) is 1.34. The zero-order valence-corrected chi connectivity index (χ0v) is 6.72. The van der Waals surface area contributed by atoms with Gasteiger partial charge in [0.25, 0.3) is 0 Å². The minimum absolute atomic E-state index is 0.123. The third kappa shape index (κ3) is 1.11. The lowest BCUT2D eigenvalue weighted by Crippen LogP contribution is -2.34. The number of aliphatic hydroxyl groups is 1. The minimum atomic E-state index is -0.252. The molecule has 2 rings (SSSR count). The smallest absolute Gasteiger partial charge is 0.0962 e. The normalized spacial score (nSPS) is 28.5. The van der Waals surface area contributed by atoms with Crippen LogP contribution in [0.4, 0.5) is 0 Å². The lowest BCUT2D eigenvalue weighted by atomic mass is 9.89. The van der Waals surface area contributed by atoms with E-state index in [-0.39, 0.29) is 12.1 Å². The predicted molar refractivity (Wildman–Crippen MR) is 42.2 cm³/mol. The van der Waals surface area contributed by atoms with Crippen molar-refractivity contribution in [3.8, 4) is 0 Å². The third-order valence-electron chi connectivity index (χ3n) is 2.31. The SMILES string of the molecule is NCc1cn(C2CCC2O)nn1. The van der Waals surface area contributed by atoms with Crippen LogP contribution in [-0.4, -0.2) is 26.2 Å². The molecule has 1 heterocycles. The van der Waals surface area contributed by atoms with Crippen LogP contribution >= 0.6 is 0 Å². The van der Waals surface area contributed by atoms with E-state index in [9.17, 15) is 5.11 Å². The van der Waals surface area contributed by atoms with Crippen LogP contribution in [0.15, 0.2) is 6.20 Å². The topological polar surface area (TPSA) is 77.0 Å². The van der Waals surface area contributed by atoms with Crippen LogP contribution in [0.25, 0.3) is 0 Å². The number of aromatic nitrogens is 3. The highest BCUT2D eigenvalue weighted by atomic mass is 16.3. The molecule has 1 aliphatic carbocycles. The summed E-state index contributed by atoms with van der Waals surface area (Å²) in [5, 5.41) is 17.1. The maximum absolute atomic E-state index is 9.32. The summed E-state index contributed by atoms with van der Waals surface area (Å²) in [6.45, 7) is 0.406. The average Bonchev–Trinajstić information content (AvgIpc) is 2.50. The van der Waals surface area contributed by atoms with E-state index < -0.39 is 0 Å². The van der Waals surface area contributed by atoms with Crippen molar-refractivity contribution in [3.05, 3.63) is 11.9 Å². The molecule has 1 aromatic rings. The Hall–Kier alpha value is -0.940. The van der Waals surface area contributed by atoms with Gasteiger partial charge < -0.3 is 10.8 Å². The third-order valence-corrected chi connectivity index (χ3v) is 2.31. The van der Waals surface area contributed by atoms with Gasteiger partial charge in [0.2, 0.25) is 0 Å². The zero-order chi connectivity index (χ0) is 8.55. The summed E-state index contributed by atoms with van der Waals surface area (Å²) in [4.78, 5) is 0. The van der Waals surface area contributed by atoms with Crippen LogP contribution in [-0.2, 0) is 6.54 Å². The van der Waals surface area contributed by atoms with Crippen LogP contribution in [0.3, 0.4) is 0 Å². The van der Waals surface area contributed by atoms with E-state index in [2.05, 4.69) is 10.3 Å². The van der Waals surface area contributed by atoms with Crippen molar-refractivity contribution in [3.63, 3.8) is 0 Å². The van der Waals surface area contributed by atoms with Crippen LogP contribution in [0, 0.1) is 0 Å². The lowest BCUT2D eigenvalue weighted by Gasteiger charge is -2.31. The molecule has 1 saturated carbocycles. The number of hydrogen-bond donors (Lipinski definition) is 2. The second-order valence-corrected chi connectivity index (χ2v) is 3.11. The zero-order valence-electron chi connectivity index (χ0n) is 6.72. The van der Waals surface area contributed by atoms with Crippen molar-refractivity contribution < 1.29 is 5.11 Å². The first-order valence-corrected chi connectivity index (χ1v) is 4.10. The largest absolute Gasteiger partial charge is 0.391 e. The molecule has 2 atom stereocenters. The molecule has 5 nitrogen and oxygen atoms in total. The molecule has 5 heteroatoms.